The van der Waals surface area contributed by atoms with E-state index in [1.807, 2.05) is 12.1 Å². The number of rotatable bonds is 14. The van der Waals surface area contributed by atoms with Crippen molar-refractivity contribution >= 4 is 11.6 Å². The number of ketones is 2. The van der Waals surface area contributed by atoms with Gasteiger partial charge in [0, 0.05) is 22.3 Å². The van der Waals surface area contributed by atoms with Crippen molar-refractivity contribution in [1.29, 1.82) is 0 Å². The van der Waals surface area contributed by atoms with Gasteiger partial charge in [-0.15, -0.1) is 0 Å². The Labute approximate surface area is 202 Å². The predicted octanol–water partition coefficient (Wildman–Crippen LogP) is 9.16. The van der Waals surface area contributed by atoms with Gasteiger partial charge in [-0.05, 0) is 50.9 Å². The fraction of sp³-hybridized carbons (Fsp3) is 0.613. The van der Waals surface area contributed by atoms with Crippen LogP contribution in [0, 0.1) is 17.8 Å². The van der Waals surface area contributed by atoms with Crippen LogP contribution >= 0.6 is 0 Å². The molecular weight excluding hydrogens is 410 g/mol. The largest absolute Gasteiger partial charge is 0.289 e. The van der Waals surface area contributed by atoms with E-state index >= 15 is 0 Å². The third kappa shape index (κ3) is 8.72. The van der Waals surface area contributed by atoms with Crippen molar-refractivity contribution in [3.05, 3.63) is 58.2 Å². The van der Waals surface area contributed by atoms with Gasteiger partial charge in [-0.1, -0.05) is 109 Å². The SMILES string of the molecule is CC1=C(C/C=C(\C)CCC[C@H](C)CCC[C@H](C)CCCC(C)C)C(=O)[13c]2[13cH][13cH][13cH][13cH][13c]2C1=O. The van der Waals surface area contributed by atoms with E-state index in [2.05, 4.69) is 40.7 Å². The Morgan fingerprint density at radius 2 is 1.30 bits per heavy atom. The van der Waals surface area contributed by atoms with Gasteiger partial charge in [0.15, 0.2) is 11.6 Å². The number of carbonyl (C=O) groups excluding carboxylic acids is 2. The molecule has 1 aliphatic carbocycles. The Morgan fingerprint density at radius 1 is 0.788 bits per heavy atom. The fourth-order valence-corrected chi connectivity index (χ4v) is 4.88. The van der Waals surface area contributed by atoms with Crippen molar-refractivity contribution in [2.75, 3.05) is 0 Å². The van der Waals surface area contributed by atoms with Crippen LogP contribution in [0.4, 0.5) is 0 Å². The van der Waals surface area contributed by atoms with E-state index in [9.17, 15) is 9.59 Å². The molecule has 0 aliphatic heterocycles. The molecule has 2 heteroatoms. The van der Waals surface area contributed by atoms with Crippen LogP contribution in [-0.4, -0.2) is 11.6 Å². The summed E-state index contributed by atoms with van der Waals surface area (Å²) in [5.41, 5.74) is 3.68. The summed E-state index contributed by atoms with van der Waals surface area (Å²) < 4.78 is 0. The Hall–Kier alpha value is -1.96. The summed E-state index contributed by atoms with van der Waals surface area (Å²) in [4.78, 5) is 25.5. The first-order valence-electron chi connectivity index (χ1n) is 13.2. The summed E-state index contributed by atoms with van der Waals surface area (Å²) in [5.74, 6) is 2.48. The number of hydrogen-bond donors (Lipinski definition) is 0. The summed E-state index contributed by atoms with van der Waals surface area (Å²) >= 11 is 0. The van der Waals surface area contributed by atoms with Crippen LogP contribution in [-0.2, 0) is 0 Å². The molecule has 0 radical (unpaired) electrons. The maximum absolute atomic E-state index is 12.9. The number of benzene rings is 1. The molecule has 33 heavy (non-hydrogen) atoms. The molecule has 0 bridgehead atoms. The average Bonchev–Trinajstić information content (AvgIpc) is 2.77. The molecule has 1 aliphatic rings. The normalized spacial score (nSPS) is 16.4. The molecule has 1 aromatic carbocycles. The molecule has 0 N–H and O–H groups in total. The molecule has 0 unspecified atom stereocenters. The first-order chi connectivity index (χ1) is 15.7. The number of allylic oxidation sites excluding steroid dienone is 4. The Bertz CT molecular complexity index is 855. The second-order valence-electron chi connectivity index (χ2n) is 10.9. The van der Waals surface area contributed by atoms with Crippen molar-refractivity contribution in [1.82, 2.24) is 0 Å². The van der Waals surface area contributed by atoms with Gasteiger partial charge in [0.1, 0.15) is 0 Å². The van der Waals surface area contributed by atoms with Gasteiger partial charge in [-0.2, -0.15) is 0 Å². The first-order valence-corrected chi connectivity index (χ1v) is 13.2. The number of hydrogen-bond acceptors (Lipinski definition) is 2. The second kappa shape index (κ2) is 13.7. The van der Waals surface area contributed by atoms with Crippen LogP contribution in [0.15, 0.2) is 47.1 Å². The van der Waals surface area contributed by atoms with Crippen LogP contribution < -0.4 is 0 Å². The lowest BCUT2D eigenvalue weighted by Crippen LogP contribution is -2.20. The summed E-state index contributed by atoms with van der Waals surface area (Å²) in [7, 11) is 0. The third-order valence-electron chi connectivity index (χ3n) is 7.28. The number of carbonyl (C=O) groups is 2. The molecule has 0 saturated heterocycles. The molecule has 0 saturated carbocycles. The zero-order valence-corrected chi connectivity index (χ0v) is 22.0. The maximum Gasteiger partial charge on any atom is 0.190 e. The van der Waals surface area contributed by atoms with Crippen molar-refractivity contribution in [2.24, 2.45) is 17.8 Å². The van der Waals surface area contributed by atoms with Crippen molar-refractivity contribution in [2.45, 2.75) is 106 Å². The van der Waals surface area contributed by atoms with E-state index < -0.39 is 0 Å². The highest BCUT2D eigenvalue weighted by molar-refractivity contribution is 6.26. The van der Waals surface area contributed by atoms with Crippen molar-refractivity contribution < 1.29 is 9.59 Å². The quantitative estimate of drug-likeness (QED) is 0.261. The standard InChI is InChI=1S/C31H46O2/c1-22(2)12-9-13-23(3)14-10-15-24(4)16-11-17-25(5)20-21-27-26(6)30(32)28-18-7-8-19-29(28)31(27)33/h7-8,18-20,22-24H,9-17,21H2,1-6H3/b25-20+/t23-,24-/m1/s1/i7+1,8+1,18+1,19+1,28+1,29+1. The van der Waals surface area contributed by atoms with Crippen LogP contribution in [0.1, 0.15) is 126 Å². The average molecular weight is 457 g/mol. The van der Waals surface area contributed by atoms with Crippen LogP contribution in [0.3, 0.4) is 0 Å². The molecule has 182 valence electrons. The van der Waals surface area contributed by atoms with Crippen molar-refractivity contribution in [3.8, 4) is 0 Å². The topological polar surface area (TPSA) is 34.1 Å². The van der Waals surface area contributed by atoms with E-state index in [0.29, 0.717) is 28.7 Å². The van der Waals surface area contributed by atoms with E-state index in [1.165, 1.54) is 56.9 Å². The number of Topliss-reactive ketones (excluding diaryl/α,β-unsaturated/α-hetero) is 2. The molecule has 2 rings (SSSR count). The van der Waals surface area contributed by atoms with Gasteiger partial charge >= 0.3 is 0 Å². The van der Waals surface area contributed by atoms with Gasteiger partial charge < -0.3 is 0 Å². The van der Waals surface area contributed by atoms with Gasteiger partial charge in [0.25, 0.3) is 0 Å². The Balaban J connectivity index is 1.71. The smallest absolute Gasteiger partial charge is 0.190 e. The first kappa shape index (κ1) is 27.3. The highest BCUT2D eigenvalue weighted by Crippen LogP contribution is 2.29. The van der Waals surface area contributed by atoms with Gasteiger partial charge in [0.2, 0.25) is 0 Å². The molecular formula is C31H46O2. The van der Waals surface area contributed by atoms with Gasteiger partial charge in [0.05, 0.1) is 0 Å². The molecule has 0 amide bonds. The zero-order valence-electron chi connectivity index (χ0n) is 22.0. The lowest BCUT2D eigenvalue weighted by Gasteiger charge is -2.18. The minimum Gasteiger partial charge on any atom is -0.289 e. The molecule has 0 spiro atoms. The minimum absolute atomic E-state index is 0.00526. The second-order valence-corrected chi connectivity index (χ2v) is 10.9. The maximum atomic E-state index is 12.9. The molecule has 2 nitrogen and oxygen atoms in total. The van der Waals surface area contributed by atoms with E-state index in [0.717, 1.165) is 24.2 Å². The van der Waals surface area contributed by atoms with Crippen LogP contribution in [0.25, 0.3) is 0 Å². The zero-order chi connectivity index (χ0) is 24.4. The summed E-state index contributed by atoms with van der Waals surface area (Å²) in [6.07, 6.45) is 14.4. The Morgan fingerprint density at radius 3 is 1.88 bits per heavy atom. The minimum atomic E-state index is -0.00526. The van der Waals surface area contributed by atoms with Crippen LogP contribution in [0.2, 0.25) is 0 Å². The summed E-state index contributed by atoms with van der Waals surface area (Å²) in [6.45, 7) is 13.4. The summed E-state index contributed by atoms with van der Waals surface area (Å²) in [5, 5.41) is 0. The van der Waals surface area contributed by atoms with Gasteiger partial charge in [-0.3, -0.25) is 9.59 Å². The third-order valence-corrected chi connectivity index (χ3v) is 7.28. The lowest BCUT2D eigenvalue weighted by atomic mass is 9.91. The van der Waals surface area contributed by atoms with E-state index in [1.54, 1.807) is 19.1 Å². The highest BCUT2D eigenvalue weighted by atomic mass is 16.2. The molecule has 0 fully saturated rings. The predicted molar refractivity (Wildman–Crippen MR) is 141 cm³/mol. The lowest BCUT2D eigenvalue weighted by molar-refractivity contribution is 0.0973. The molecule has 0 heterocycles. The fourth-order valence-electron chi connectivity index (χ4n) is 4.88. The Kier molecular flexibility index (Phi) is 11.3. The summed E-state index contributed by atoms with van der Waals surface area (Å²) in [6, 6.07) is 7.18. The monoisotopic (exact) mass is 456 g/mol. The van der Waals surface area contributed by atoms with Crippen LogP contribution in [0.5, 0.6) is 0 Å². The number of fused-ring (bicyclic) bond motifs is 1. The van der Waals surface area contributed by atoms with E-state index in [-0.39, 0.29) is 11.6 Å². The molecule has 2 atom stereocenters. The van der Waals surface area contributed by atoms with E-state index in [4.69, 9.17) is 0 Å². The van der Waals surface area contributed by atoms with Gasteiger partial charge in [-0.25, -0.2) is 0 Å². The molecule has 1 aromatic rings. The highest BCUT2D eigenvalue weighted by Gasteiger charge is 2.28. The van der Waals surface area contributed by atoms with Crippen molar-refractivity contribution in [3.63, 3.8) is 0 Å². The molecule has 0 aromatic heterocycles.